The zero-order valence-corrected chi connectivity index (χ0v) is 16.9. The summed E-state index contributed by atoms with van der Waals surface area (Å²) < 4.78 is 0. The van der Waals surface area contributed by atoms with Crippen molar-refractivity contribution in [2.45, 2.75) is 20.0 Å². The largest absolute Gasteiger partial charge is 0.362 e. The van der Waals surface area contributed by atoms with Crippen LogP contribution in [-0.4, -0.2) is 33.1 Å². The molecule has 30 heavy (non-hydrogen) atoms. The quantitative estimate of drug-likeness (QED) is 0.568. The van der Waals surface area contributed by atoms with Crippen molar-refractivity contribution in [2.24, 2.45) is 0 Å². The Hall–Kier alpha value is -3.73. The van der Waals surface area contributed by atoms with Gasteiger partial charge in [0.1, 0.15) is 5.70 Å². The molecule has 0 fully saturated rings. The number of carbonyl (C=O) groups excluding carboxylic acids is 2. The van der Waals surface area contributed by atoms with Crippen LogP contribution in [0.15, 0.2) is 90.8 Å². The molecule has 1 aliphatic rings. The molecule has 0 atom stereocenters. The first kappa shape index (κ1) is 19.6. The zero-order chi connectivity index (χ0) is 20.9. The maximum absolute atomic E-state index is 13.5. The third kappa shape index (κ3) is 3.87. The van der Waals surface area contributed by atoms with Crippen LogP contribution >= 0.6 is 0 Å². The van der Waals surface area contributed by atoms with Gasteiger partial charge in [0.05, 0.1) is 17.8 Å². The number of pyridine rings is 1. The van der Waals surface area contributed by atoms with E-state index >= 15 is 0 Å². The van der Waals surface area contributed by atoms with Crippen LogP contribution in [0.5, 0.6) is 0 Å². The molecule has 0 bridgehead atoms. The third-order valence-corrected chi connectivity index (χ3v) is 5.17. The molecule has 0 aliphatic carbocycles. The van der Waals surface area contributed by atoms with Gasteiger partial charge in [-0.05, 0) is 30.2 Å². The Morgan fingerprint density at radius 2 is 1.50 bits per heavy atom. The summed E-state index contributed by atoms with van der Waals surface area (Å²) in [5, 5.41) is 0. The molecule has 0 saturated heterocycles. The summed E-state index contributed by atoms with van der Waals surface area (Å²) in [5.74, 6) is -0.555. The lowest BCUT2D eigenvalue weighted by atomic mass is 10.0. The predicted octanol–water partition coefficient (Wildman–Crippen LogP) is 3.88. The summed E-state index contributed by atoms with van der Waals surface area (Å²) in [6.07, 6.45) is 1.67. The van der Waals surface area contributed by atoms with Crippen LogP contribution in [0.25, 0.3) is 5.57 Å². The van der Waals surface area contributed by atoms with E-state index in [1.165, 1.54) is 4.90 Å². The van der Waals surface area contributed by atoms with Gasteiger partial charge in [-0.1, -0.05) is 66.7 Å². The minimum absolute atomic E-state index is 0.154. The summed E-state index contributed by atoms with van der Waals surface area (Å²) in [7, 11) is 0. The number of amides is 2. The van der Waals surface area contributed by atoms with Crippen LogP contribution in [0.3, 0.4) is 0 Å². The molecular formula is C25H23N3O2. The van der Waals surface area contributed by atoms with Gasteiger partial charge in [0.15, 0.2) is 0 Å². The molecule has 5 nitrogen and oxygen atoms in total. The summed E-state index contributed by atoms with van der Waals surface area (Å²) in [6.45, 7) is 3.31. The number of aromatic nitrogens is 1. The lowest BCUT2D eigenvalue weighted by Gasteiger charge is -2.25. The monoisotopic (exact) mass is 397 g/mol. The van der Waals surface area contributed by atoms with Crippen LogP contribution in [0.1, 0.15) is 23.7 Å². The molecule has 1 aromatic heterocycles. The number of hydrogen-bond acceptors (Lipinski definition) is 4. The molecular weight excluding hydrogens is 374 g/mol. The van der Waals surface area contributed by atoms with Crippen LogP contribution in [0, 0.1) is 0 Å². The summed E-state index contributed by atoms with van der Waals surface area (Å²) in [5.41, 5.74) is 3.42. The van der Waals surface area contributed by atoms with E-state index in [0.29, 0.717) is 30.1 Å². The van der Waals surface area contributed by atoms with Crippen LogP contribution in [0.2, 0.25) is 0 Å². The minimum atomic E-state index is -0.279. The maximum Gasteiger partial charge on any atom is 0.278 e. The Morgan fingerprint density at radius 1 is 0.833 bits per heavy atom. The fraction of sp³-hybridized carbons (Fsp3) is 0.160. The first-order valence-corrected chi connectivity index (χ1v) is 10.0. The lowest BCUT2D eigenvalue weighted by Crippen LogP contribution is -2.35. The molecule has 2 amide bonds. The maximum atomic E-state index is 13.5. The van der Waals surface area contributed by atoms with Gasteiger partial charge in [-0.3, -0.25) is 19.5 Å². The van der Waals surface area contributed by atoms with Crippen molar-refractivity contribution in [3.63, 3.8) is 0 Å². The Bertz CT molecular complexity index is 1060. The second-order valence-corrected chi connectivity index (χ2v) is 7.11. The molecule has 3 aromatic rings. The Kier molecular flexibility index (Phi) is 5.70. The normalized spacial score (nSPS) is 13.8. The highest BCUT2D eigenvalue weighted by Crippen LogP contribution is 2.33. The number of carbonyl (C=O) groups is 2. The van der Waals surface area contributed by atoms with E-state index in [2.05, 4.69) is 4.98 Å². The van der Waals surface area contributed by atoms with E-state index in [-0.39, 0.29) is 18.4 Å². The van der Waals surface area contributed by atoms with Crippen LogP contribution in [0.4, 0.5) is 0 Å². The highest BCUT2D eigenvalue weighted by atomic mass is 16.2. The van der Waals surface area contributed by atoms with Gasteiger partial charge in [0.25, 0.3) is 11.8 Å². The van der Waals surface area contributed by atoms with E-state index in [0.717, 1.165) is 11.1 Å². The second-order valence-electron chi connectivity index (χ2n) is 7.11. The van der Waals surface area contributed by atoms with Gasteiger partial charge in [0, 0.05) is 19.3 Å². The highest BCUT2D eigenvalue weighted by Gasteiger charge is 2.41. The average molecular weight is 397 g/mol. The van der Waals surface area contributed by atoms with Crippen molar-refractivity contribution >= 4 is 17.4 Å². The molecule has 5 heteroatoms. The standard InChI is InChI=1S/C25H23N3O2/c1-2-27(17-19-11-5-3-6-12-19)23-22(20-13-7-4-8-14-20)24(29)28(25(23)30)18-21-15-9-10-16-26-21/h3-16H,2,17-18H2,1H3. The molecule has 4 rings (SSSR count). The van der Waals surface area contributed by atoms with E-state index in [1.807, 2.05) is 90.7 Å². The van der Waals surface area contributed by atoms with E-state index in [9.17, 15) is 9.59 Å². The smallest absolute Gasteiger partial charge is 0.278 e. The molecule has 2 heterocycles. The molecule has 1 aliphatic heterocycles. The number of rotatable bonds is 7. The molecule has 0 saturated carbocycles. The van der Waals surface area contributed by atoms with Gasteiger partial charge < -0.3 is 4.90 Å². The first-order valence-electron chi connectivity index (χ1n) is 10.0. The molecule has 2 aromatic carbocycles. The molecule has 0 radical (unpaired) electrons. The second kappa shape index (κ2) is 8.74. The summed E-state index contributed by atoms with van der Waals surface area (Å²) >= 11 is 0. The SMILES string of the molecule is CCN(Cc1ccccc1)C1=C(c2ccccc2)C(=O)N(Cc2ccccn2)C1=O. The molecule has 150 valence electrons. The first-order chi connectivity index (χ1) is 14.7. The van der Waals surface area contributed by atoms with Gasteiger partial charge >= 0.3 is 0 Å². The fourth-order valence-electron chi connectivity index (χ4n) is 3.67. The lowest BCUT2D eigenvalue weighted by molar-refractivity contribution is -0.138. The number of hydrogen-bond donors (Lipinski definition) is 0. The van der Waals surface area contributed by atoms with Crippen LogP contribution in [-0.2, 0) is 22.7 Å². The van der Waals surface area contributed by atoms with Crippen LogP contribution < -0.4 is 0 Å². The van der Waals surface area contributed by atoms with Gasteiger partial charge in [-0.25, -0.2) is 0 Å². The van der Waals surface area contributed by atoms with Crippen molar-refractivity contribution < 1.29 is 9.59 Å². The average Bonchev–Trinajstić information content (AvgIpc) is 3.04. The number of benzene rings is 2. The van der Waals surface area contributed by atoms with Crippen molar-refractivity contribution in [2.75, 3.05) is 6.54 Å². The fourth-order valence-corrected chi connectivity index (χ4v) is 3.67. The molecule has 0 spiro atoms. The predicted molar refractivity (Wildman–Crippen MR) is 116 cm³/mol. The molecule has 0 N–H and O–H groups in total. The third-order valence-electron chi connectivity index (χ3n) is 5.17. The van der Waals surface area contributed by atoms with E-state index in [4.69, 9.17) is 0 Å². The highest BCUT2D eigenvalue weighted by molar-refractivity contribution is 6.35. The zero-order valence-electron chi connectivity index (χ0n) is 16.9. The van der Waals surface area contributed by atoms with E-state index in [1.54, 1.807) is 6.20 Å². The Balaban J connectivity index is 1.74. The van der Waals surface area contributed by atoms with Crippen molar-refractivity contribution in [3.05, 3.63) is 108 Å². The van der Waals surface area contributed by atoms with Gasteiger partial charge in [0.2, 0.25) is 0 Å². The number of imide groups is 1. The van der Waals surface area contributed by atoms with Crippen molar-refractivity contribution in [3.8, 4) is 0 Å². The Morgan fingerprint density at radius 3 is 2.13 bits per heavy atom. The van der Waals surface area contributed by atoms with Gasteiger partial charge in [-0.15, -0.1) is 0 Å². The number of nitrogens with zero attached hydrogens (tertiary/aromatic N) is 3. The summed E-state index contributed by atoms with van der Waals surface area (Å²) in [4.78, 5) is 34.4. The Labute approximate surface area is 176 Å². The molecule has 0 unspecified atom stereocenters. The number of likely N-dealkylation sites (N-methyl/N-ethyl adjacent to an activating group) is 1. The van der Waals surface area contributed by atoms with Crippen molar-refractivity contribution in [1.82, 2.24) is 14.8 Å². The topological polar surface area (TPSA) is 53.5 Å². The minimum Gasteiger partial charge on any atom is -0.362 e. The van der Waals surface area contributed by atoms with Gasteiger partial charge in [-0.2, -0.15) is 0 Å². The van der Waals surface area contributed by atoms with Crippen molar-refractivity contribution in [1.29, 1.82) is 0 Å². The summed E-state index contributed by atoms with van der Waals surface area (Å²) in [6, 6.07) is 24.9. The van der Waals surface area contributed by atoms with E-state index < -0.39 is 0 Å².